The first-order valence-electron chi connectivity index (χ1n) is 6.87. The van der Waals surface area contributed by atoms with Crippen LogP contribution >= 0.6 is 23.2 Å². The van der Waals surface area contributed by atoms with Crippen LogP contribution in [0.1, 0.15) is 12.8 Å². The van der Waals surface area contributed by atoms with Gasteiger partial charge < -0.3 is 0 Å². The van der Waals surface area contributed by atoms with Gasteiger partial charge in [-0.2, -0.15) is 0 Å². The van der Waals surface area contributed by atoms with Crippen LogP contribution in [0.2, 0.25) is 10.0 Å². The van der Waals surface area contributed by atoms with Gasteiger partial charge >= 0.3 is 0 Å². The van der Waals surface area contributed by atoms with E-state index in [-0.39, 0.29) is 14.9 Å². The molecule has 0 spiro atoms. The van der Waals surface area contributed by atoms with Crippen molar-refractivity contribution in [3.63, 3.8) is 0 Å². The summed E-state index contributed by atoms with van der Waals surface area (Å²) in [5, 5.41) is 0.272. The van der Waals surface area contributed by atoms with E-state index in [1.165, 1.54) is 10.4 Å². The molecule has 4 nitrogen and oxygen atoms in total. The van der Waals surface area contributed by atoms with Crippen molar-refractivity contribution in [2.45, 2.75) is 17.7 Å². The summed E-state index contributed by atoms with van der Waals surface area (Å²) < 4.78 is 27.4. The van der Waals surface area contributed by atoms with Gasteiger partial charge in [0.1, 0.15) is 4.90 Å². The van der Waals surface area contributed by atoms with E-state index in [1.807, 2.05) is 0 Å². The number of aromatic nitrogens is 1. The number of benzene rings is 1. The van der Waals surface area contributed by atoms with Crippen LogP contribution in [0, 0.1) is 5.92 Å². The predicted molar refractivity (Wildman–Crippen MR) is 88.0 cm³/mol. The summed E-state index contributed by atoms with van der Waals surface area (Å²) in [6.45, 7) is 0.427. The standard InChI is InChI=1S/C15H14Cl2N2O2S/c16-13-4-1-5-14(15(13)17)22(20,21)19(10-11-6-7-11)12-3-2-8-18-9-12/h1-5,8-9,11H,6-7,10H2. The van der Waals surface area contributed by atoms with Crippen LogP contribution in [0.15, 0.2) is 47.6 Å². The molecule has 0 unspecified atom stereocenters. The molecule has 1 aromatic carbocycles. The number of hydrogen-bond donors (Lipinski definition) is 0. The van der Waals surface area contributed by atoms with Crippen molar-refractivity contribution in [1.82, 2.24) is 4.98 Å². The highest BCUT2D eigenvalue weighted by atomic mass is 35.5. The van der Waals surface area contributed by atoms with E-state index >= 15 is 0 Å². The lowest BCUT2D eigenvalue weighted by Crippen LogP contribution is -2.33. The summed E-state index contributed by atoms with van der Waals surface area (Å²) in [4.78, 5) is 4.03. The summed E-state index contributed by atoms with van der Waals surface area (Å²) in [5.41, 5.74) is 0.533. The number of pyridine rings is 1. The van der Waals surface area contributed by atoms with Gasteiger partial charge in [0, 0.05) is 12.7 Å². The highest BCUT2D eigenvalue weighted by Crippen LogP contribution is 2.36. The minimum absolute atomic E-state index is 0.0196. The minimum atomic E-state index is -3.79. The monoisotopic (exact) mass is 356 g/mol. The van der Waals surface area contributed by atoms with Gasteiger partial charge in [0.05, 0.1) is 21.9 Å². The second kappa shape index (κ2) is 6.07. The quantitative estimate of drug-likeness (QED) is 0.813. The number of hydrogen-bond acceptors (Lipinski definition) is 3. The van der Waals surface area contributed by atoms with E-state index in [9.17, 15) is 8.42 Å². The van der Waals surface area contributed by atoms with E-state index in [4.69, 9.17) is 23.2 Å². The third-order valence-electron chi connectivity index (χ3n) is 3.54. The van der Waals surface area contributed by atoms with Gasteiger partial charge in [-0.05, 0) is 43.0 Å². The molecule has 0 amide bonds. The minimum Gasteiger partial charge on any atom is -0.264 e. The zero-order valence-electron chi connectivity index (χ0n) is 11.6. The van der Waals surface area contributed by atoms with E-state index in [0.717, 1.165) is 12.8 Å². The van der Waals surface area contributed by atoms with Gasteiger partial charge in [0.15, 0.2) is 0 Å². The Morgan fingerprint density at radius 1 is 1.18 bits per heavy atom. The molecule has 0 aliphatic heterocycles. The van der Waals surface area contributed by atoms with Crippen molar-refractivity contribution < 1.29 is 8.42 Å². The van der Waals surface area contributed by atoms with E-state index in [2.05, 4.69) is 4.98 Å². The van der Waals surface area contributed by atoms with Crippen LogP contribution in [0.3, 0.4) is 0 Å². The Hall–Kier alpha value is -1.30. The van der Waals surface area contributed by atoms with Gasteiger partial charge in [-0.25, -0.2) is 8.42 Å². The van der Waals surface area contributed by atoms with Gasteiger partial charge in [0.25, 0.3) is 10.0 Å². The molecule has 1 aliphatic rings. The van der Waals surface area contributed by atoms with Crippen LogP contribution < -0.4 is 4.31 Å². The number of nitrogens with zero attached hydrogens (tertiary/aromatic N) is 2. The fourth-order valence-electron chi connectivity index (χ4n) is 2.18. The van der Waals surface area contributed by atoms with E-state index < -0.39 is 10.0 Å². The third kappa shape index (κ3) is 3.07. The number of halogens is 2. The molecule has 2 aromatic rings. The van der Waals surface area contributed by atoms with Crippen molar-refractivity contribution in [2.75, 3.05) is 10.8 Å². The highest BCUT2D eigenvalue weighted by Gasteiger charge is 2.33. The molecule has 116 valence electrons. The zero-order valence-corrected chi connectivity index (χ0v) is 13.9. The molecule has 1 saturated carbocycles. The van der Waals surface area contributed by atoms with Crippen molar-refractivity contribution in [3.8, 4) is 0 Å². The molecular formula is C15H14Cl2N2O2S. The smallest absolute Gasteiger partial charge is 0.264 e. The Kier molecular flexibility index (Phi) is 4.30. The Balaban J connectivity index is 2.07. The lowest BCUT2D eigenvalue weighted by molar-refractivity contribution is 0.588. The number of rotatable bonds is 5. The Labute approximate surface area is 139 Å². The van der Waals surface area contributed by atoms with Crippen molar-refractivity contribution in [1.29, 1.82) is 0 Å². The molecule has 3 rings (SSSR count). The first kappa shape index (κ1) is 15.6. The zero-order chi connectivity index (χ0) is 15.7. The molecular weight excluding hydrogens is 343 g/mol. The van der Waals surface area contributed by atoms with Crippen molar-refractivity contribution in [3.05, 3.63) is 52.8 Å². The molecule has 0 radical (unpaired) electrons. The maximum Gasteiger partial charge on any atom is 0.265 e. The molecule has 0 atom stereocenters. The highest BCUT2D eigenvalue weighted by molar-refractivity contribution is 7.93. The van der Waals surface area contributed by atoms with Gasteiger partial charge in [-0.1, -0.05) is 29.3 Å². The first-order chi connectivity index (χ1) is 10.5. The summed E-state index contributed by atoms with van der Waals surface area (Å²) >= 11 is 12.1. The van der Waals surface area contributed by atoms with Crippen LogP contribution in [0.25, 0.3) is 0 Å². The molecule has 7 heteroatoms. The Bertz CT molecular complexity index is 777. The lowest BCUT2D eigenvalue weighted by Gasteiger charge is -2.24. The largest absolute Gasteiger partial charge is 0.265 e. The number of sulfonamides is 1. The SMILES string of the molecule is O=S(=O)(c1cccc(Cl)c1Cl)N(CC1CC1)c1cccnc1. The Morgan fingerprint density at radius 3 is 2.59 bits per heavy atom. The molecule has 22 heavy (non-hydrogen) atoms. The number of anilines is 1. The molecule has 1 aliphatic carbocycles. The maximum absolute atomic E-state index is 13.0. The average molecular weight is 357 g/mol. The summed E-state index contributed by atoms with van der Waals surface area (Å²) in [6, 6.07) is 8.06. The lowest BCUT2D eigenvalue weighted by atomic mass is 10.3. The van der Waals surface area contributed by atoms with Crippen molar-refractivity contribution in [2.24, 2.45) is 5.92 Å². The fourth-order valence-corrected chi connectivity index (χ4v) is 4.45. The van der Waals surface area contributed by atoms with E-state index in [1.54, 1.807) is 36.7 Å². The summed E-state index contributed by atoms with van der Waals surface area (Å²) in [6.07, 6.45) is 5.22. The molecule has 1 heterocycles. The van der Waals surface area contributed by atoms with Crippen LogP contribution in [0.5, 0.6) is 0 Å². The van der Waals surface area contributed by atoms with Crippen LogP contribution in [-0.4, -0.2) is 19.9 Å². The predicted octanol–water partition coefficient (Wildman–Crippen LogP) is 3.99. The third-order valence-corrected chi connectivity index (χ3v) is 6.31. The van der Waals surface area contributed by atoms with Crippen LogP contribution in [0.4, 0.5) is 5.69 Å². The molecule has 0 saturated heterocycles. The maximum atomic E-state index is 13.0. The Morgan fingerprint density at radius 2 is 1.95 bits per heavy atom. The first-order valence-corrected chi connectivity index (χ1v) is 9.06. The van der Waals surface area contributed by atoms with Gasteiger partial charge in [-0.3, -0.25) is 9.29 Å². The second-order valence-electron chi connectivity index (χ2n) is 5.24. The summed E-state index contributed by atoms with van der Waals surface area (Å²) in [7, 11) is -3.79. The molecule has 0 N–H and O–H groups in total. The molecule has 1 aromatic heterocycles. The topological polar surface area (TPSA) is 50.3 Å². The molecule has 0 bridgehead atoms. The van der Waals surface area contributed by atoms with Gasteiger partial charge in [0.2, 0.25) is 0 Å². The average Bonchev–Trinajstić information content (AvgIpc) is 3.32. The van der Waals surface area contributed by atoms with Gasteiger partial charge in [-0.15, -0.1) is 0 Å². The second-order valence-corrected chi connectivity index (χ2v) is 7.86. The fraction of sp³-hybridized carbons (Fsp3) is 0.267. The van der Waals surface area contributed by atoms with E-state index in [0.29, 0.717) is 18.2 Å². The normalized spacial score (nSPS) is 14.8. The summed E-state index contributed by atoms with van der Waals surface area (Å²) in [5.74, 6) is 0.382. The van der Waals surface area contributed by atoms with Crippen LogP contribution in [-0.2, 0) is 10.0 Å². The van der Waals surface area contributed by atoms with Crippen molar-refractivity contribution >= 4 is 38.9 Å². The molecule has 1 fully saturated rings.